The third-order valence-corrected chi connectivity index (χ3v) is 7.21. The monoisotopic (exact) mass is 290 g/mol. The summed E-state index contributed by atoms with van der Waals surface area (Å²) >= 11 is 0. The minimum atomic E-state index is 0.0522. The van der Waals surface area contributed by atoms with Gasteiger partial charge in [-0.15, -0.1) is 0 Å². The summed E-state index contributed by atoms with van der Waals surface area (Å²) in [7, 11) is 0. The first-order valence-electron chi connectivity index (χ1n) is 9.10. The maximum absolute atomic E-state index is 12.7. The van der Waals surface area contributed by atoms with Gasteiger partial charge in [-0.2, -0.15) is 0 Å². The van der Waals surface area contributed by atoms with Crippen LogP contribution >= 0.6 is 0 Å². The smallest absolute Gasteiger partial charge is 0.241 e. The van der Waals surface area contributed by atoms with Crippen molar-refractivity contribution >= 4 is 5.91 Å². The summed E-state index contributed by atoms with van der Waals surface area (Å²) in [5, 5.41) is 3.49. The molecule has 4 bridgehead atoms. The molecule has 1 saturated heterocycles. The highest BCUT2D eigenvalue weighted by molar-refractivity contribution is 5.84. The number of hydrogen-bond acceptors (Lipinski definition) is 2. The van der Waals surface area contributed by atoms with Gasteiger partial charge >= 0.3 is 0 Å². The highest BCUT2D eigenvalue weighted by Crippen LogP contribution is 2.62. The van der Waals surface area contributed by atoms with Gasteiger partial charge < -0.3 is 4.90 Å². The molecule has 0 aromatic rings. The molecule has 5 aliphatic rings. The molecule has 3 unspecified atom stereocenters. The zero-order chi connectivity index (χ0) is 14.8. The van der Waals surface area contributed by atoms with E-state index in [1.807, 2.05) is 0 Å². The number of carbonyl (C=O) groups excluding carboxylic acids is 1. The fraction of sp³-hybridized carbons (Fsp3) is 0.944. The summed E-state index contributed by atoms with van der Waals surface area (Å²) in [5.41, 5.74) is 0.434. The average molecular weight is 290 g/mol. The third kappa shape index (κ3) is 1.99. The number of amides is 1. The lowest BCUT2D eigenvalue weighted by atomic mass is 9.47. The molecule has 1 amide bonds. The van der Waals surface area contributed by atoms with Gasteiger partial charge in [0.25, 0.3) is 0 Å². The third-order valence-electron chi connectivity index (χ3n) is 7.21. The van der Waals surface area contributed by atoms with Crippen LogP contribution in [0.1, 0.15) is 65.7 Å². The van der Waals surface area contributed by atoms with Gasteiger partial charge in [-0.1, -0.05) is 6.92 Å². The summed E-state index contributed by atoms with van der Waals surface area (Å²) in [6, 6.07) is 0.466. The summed E-state index contributed by atoms with van der Waals surface area (Å²) in [6.45, 7) is 6.63. The molecule has 3 heteroatoms. The molecule has 1 heterocycles. The molecule has 5 fully saturated rings. The van der Waals surface area contributed by atoms with Crippen molar-refractivity contribution in [2.45, 2.75) is 84.0 Å². The summed E-state index contributed by atoms with van der Waals surface area (Å²) in [4.78, 5) is 15.0. The van der Waals surface area contributed by atoms with E-state index in [2.05, 4.69) is 31.0 Å². The second-order valence-corrected chi connectivity index (χ2v) is 8.50. The van der Waals surface area contributed by atoms with Gasteiger partial charge in [0.05, 0.1) is 12.2 Å². The van der Waals surface area contributed by atoms with Crippen molar-refractivity contribution < 1.29 is 4.79 Å². The lowest BCUT2D eigenvalue weighted by molar-refractivity contribution is -0.143. The van der Waals surface area contributed by atoms with Crippen LogP contribution in [-0.2, 0) is 4.79 Å². The van der Waals surface area contributed by atoms with Gasteiger partial charge in [-0.05, 0) is 82.0 Å². The predicted octanol–water partition coefficient (Wildman–Crippen LogP) is 3.15. The highest BCUT2D eigenvalue weighted by Gasteiger charge is 2.56. The van der Waals surface area contributed by atoms with E-state index in [4.69, 9.17) is 0 Å². The zero-order valence-electron chi connectivity index (χ0n) is 13.8. The molecular formula is C18H30N2O. The van der Waals surface area contributed by atoms with Crippen LogP contribution in [0.5, 0.6) is 0 Å². The summed E-state index contributed by atoms with van der Waals surface area (Å²) in [5.74, 6) is 3.23. The first-order chi connectivity index (χ1) is 10.0. The second-order valence-electron chi connectivity index (χ2n) is 8.50. The van der Waals surface area contributed by atoms with E-state index in [9.17, 15) is 4.79 Å². The van der Waals surface area contributed by atoms with Crippen LogP contribution in [-0.4, -0.2) is 29.1 Å². The molecule has 0 aromatic heterocycles. The lowest BCUT2D eigenvalue weighted by Gasteiger charge is -2.60. The standard InChI is InChI=1S/C18H30N2O/c1-4-16-17(21)20(12(3)19-16)11(2)18-8-13-5-14(9-18)7-15(6-13)10-18/h11-16,19H,4-10H2,1-3H3. The van der Waals surface area contributed by atoms with Gasteiger partial charge in [0.2, 0.25) is 5.91 Å². The van der Waals surface area contributed by atoms with Crippen LogP contribution in [0.15, 0.2) is 0 Å². The van der Waals surface area contributed by atoms with Crippen molar-refractivity contribution in [2.24, 2.45) is 23.2 Å². The Morgan fingerprint density at radius 1 is 1.19 bits per heavy atom. The van der Waals surface area contributed by atoms with Crippen molar-refractivity contribution in [3.63, 3.8) is 0 Å². The number of nitrogens with zero attached hydrogens (tertiary/aromatic N) is 1. The Hall–Kier alpha value is -0.570. The van der Waals surface area contributed by atoms with Crippen LogP contribution in [0.3, 0.4) is 0 Å². The molecular weight excluding hydrogens is 260 g/mol. The fourth-order valence-electron chi connectivity index (χ4n) is 6.62. The van der Waals surface area contributed by atoms with E-state index in [0.717, 1.165) is 24.2 Å². The number of nitrogens with one attached hydrogen (secondary N) is 1. The van der Waals surface area contributed by atoms with E-state index in [1.165, 1.54) is 38.5 Å². The molecule has 0 aromatic carbocycles. The number of hydrogen-bond donors (Lipinski definition) is 1. The second kappa shape index (κ2) is 4.71. The lowest BCUT2D eigenvalue weighted by Crippen LogP contribution is -2.58. The molecule has 0 spiro atoms. The van der Waals surface area contributed by atoms with E-state index in [-0.39, 0.29) is 12.2 Å². The number of rotatable bonds is 3. The molecule has 1 N–H and O–H groups in total. The van der Waals surface area contributed by atoms with Crippen LogP contribution in [0.4, 0.5) is 0 Å². The Kier molecular flexibility index (Phi) is 3.15. The van der Waals surface area contributed by atoms with E-state index < -0.39 is 0 Å². The van der Waals surface area contributed by atoms with Gasteiger partial charge in [0.1, 0.15) is 0 Å². The minimum absolute atomic E-state index is 0.0522. The van der Waals surface area contributed by atoms with E-state index >= 15 is 0 Å². The molecule has 21 heavy (non-hydrogen) atoms. The molecule has 5 rings (SSSR count). The molecule has 3 atom stereocenters. The van der Waals surface area contributed by atoms with Crippen molar-refractivity contribution in [3.05, 3.63) is 0 Å². The first kappa shape index (κ1) is 14.0. The first-order valence-corrected chi connectivity index (χ1v) is 9.10. The van der Waals surface area contributed by atoms with Gasteiger partial charge in [0.15, 0.2) is 0 Å². The normalized spacial score (nSPS) is 50.0. The van der Waals surface area contributed by atoms with Crippen molar-refractivity contribution in [3.8, 4) is 0 Å². The van der Waals surface area contributed by atoms with Crippen LogP contribution in [0.2, 0.25) is 0 Å². The largest absolute Gasteiger partial charge is 0.323 e. The Balaban J connectivity index is 1.60. The van der Waals surface area contributed by atoms with Crippen molar-refractivity contribution in [1.82, 2.24) is 10.2 Å². The Morgan fingerprint density at radius 2 is 1.71 bits per heavy atom. The predicted molar refractivity (Wildman–Crippen MR) is 83.6 cm³/mol. The minimum Gasteiger partial charge on any atom is -0.323 e. The SMILES string of the molecule is CCC1NC(C)N(C(C)C23CC4CC(CC(C4)C2)C3)C1=O. The highest BCUT2D eigenvalue weighted by atomic mass is 16.2. The quantitative estimate of drug-likeness (QED) is 0.866. The van der Waals surface area contributed by atoms with Gasteiger partial charge in [-0.3, -0.25) is 10.1 Å². The van der Waals surface area contributed by atoms with Crippen molar-refractivity contribution in [2.75, 3.05) is 0 Å². The molecule has 4 aliphatic carbocycles. The summed E-state index contributed by atoms with van der Waals surface area (Å²) < 4.78 is 0. The molecule has 1 aliphatic heterocycles. The average Bonchev–Trinajstić information content (AvgIpc) is 2.71. The maximum Gasteiger partial charge on any atom is 0.241 e. The Bertz CT molecular complexity index is 411. The maximum atomic E-state index is 12.7. The van der Waals surface area contributed by atoms with Gasteiger partial charge in [0, 0.05) is 6.04 Å². The van der Waals surface area contributed by atoms with Crippen LogP contribution in [0, 0.1) is 23.2 Å². The van der Waals surface area contributed by atoms with Crippen LogP contribution in [0.25, 0.3) is 0 Å². The zero-order valence-corrected chi connectivity index (χ0v) is 13.8. The molecule has 118 valence electrons. The van der Waals surface area contributed by atoms with Crippen molar-refractivity contribution in [1.29, 1.82) is 0 Å². The van der Waals surface area contributed by atoms with E-state index in [0.29, 0.717) is 17.4 Å². The Morgan fingerprint density at radius 3 is 2.14 bits per heavy atom. The number of carbonyl (C=O) groups is 1. The molecule has 3 nitrogen and oxygen atoms in total. The van der Waals surface area contributed by atoms with Crippen LogP contribution < -0.4 is 5.32 Å². The van der Waals surface area contributed by atoms with E-state index in [1.54, 1.807) is 0 Å². The van der Waals surface area contributed by atoms with Gasteiger partial charge in [-0.25, -0.2) is 0 Å². The molecule has 0 radical (unpaired) electrons. The Labute approximate surface area is 128 Å². The topological polar surface area (TPSA) is 32.3 Å². The molecule has 4 saturated carbocycles. The fourth-order valence-corrected chi connectivity index (χ4v) is 6.62. The summed E-state index contributed by atoms with van der Waals surface area (Å²) in [6.07, 6.45) is 9.70.